The molecule has 4 nitrogen and oxygen atoms in total. The lowest BCUT2D eigenvalue weighted by atomic mass is 9.85. The number of nitrogens with zero attached hydrogens (tertiary/aromatic N) is 2. The molecule has 18 heavy (non-hydrogen) atoms. The van der Waals surface area contributed by atoms with Crippen LogP contribution in [0.3, 0.4) is 0 Å². The molecule has 1 saturated heterocycles. The lowest BCUT2D eigenvalue weighted by molar-refractivity contribution is -0.135. The van der Waals surface area contributed by atoms with Crippen LogP contribution < -0.4 is 0 Å². The van der Waals surface area contributed by atoms with Crippen LogP contribution in [0.15, 0.2) is 18.3 Å². The molecule has 98 valence electrons. The van der Waals surface area contributed by atoms with Crippen molar-refractivity contribution >= 4 is 5.91 Å². The molecule has 5 heteroatoms. The Kier molecular flexibility index (Phi) is 3.61. The van der Waals surface area contributed by atoms with Crippen LogP contribution in [0.2, 0.25) is 0 Å². The quantitative estimate of drug-likeness (QED) is 0.810. The second-order valence-electron chi connectivity index (χ2n) is 4.61. The summed E-state index contributed by atoms with van der Waals surface area (Å²) in [5.41, 5.74) is -0.975. The first kappa shape index (κ1) is 13.0. The Morgan fingerprint density at radius 2 is 2.22 bits per heavy atom. The Labute approximate surface area is 105 Å². The molecule has 1 aromatic rings. The second-order valence-corrected chi connectivity index (χ2v) is 4.61. The third-order valence-corrected chi connectivity index (χ3v) is 3.51. The molecule has 0 saturated carbocycles. The highest BCUT2D eigenvalue weighted by molar-refractivity contribution is 5.75. The van der Waals surface area contributed by atoms with Crippen molar-refractivity contribution in [1.82, 2.24) is 9.88 Å². The van der Waals surface area contributed by atoms with E-state index in [0.29, 0.717) is 32.4 Å². The molecule has 0 bridgehead atoms. The van der Waals surface area contributed by atoms with Gasteiger partial charge >= 0.3 is 0 Å². The van der Waals surface area contributed by atoms with Gasteiger partial charge in [0, 0.05) is 31.3 Å². The van der Waals surface area contributed by atoms with E-state index >= 15 is 0 Å². The number of aliphatic hydroxyl groups is 1. The summed E-state index contributed by atoms with van der Waals surface area (Å²) < 4.78 is 13.6. The Morgan fingerprint density at radius 1 is 1.56 bits per heavy atom. The summed E-state index contributed by atoms with van der Waals surface area (Å²) in [4.78, 5) is 16.8. The summed E-state index contributed by atoms with van der Waals surface area (Å²) in [7, 11) is 0. The van der Waals surface area contributed by atoms with E-state index in [0.717, 1.165) is 0 Å². The SMILES string of the molecule is CCC(=O)N1CCC(O)(c2cccnc2F)CC1. The first-order valence-corrected chi connectivity index (χ1v) is 6.18. The van der Waals surface area contributed by atoms with Gasteiger partial charge in [0.1, 0.15) is 0 Å². The summed E-state index contributed by atoms with van der Waals surface area (Å²) in [6.07, 6.45) is 2.51. The van der Waals surface area contributed by atoms with Crippen molar-refractivity contribution in [2.75, 3.05) is 13.1 Å². The predicted molar refractivity (Wildman–Crippen MR) is 64.2 cm³/mol. The molecular weight excluding hydrogens is 235 g/mol. The molecule has 0 spiro atoms. The van der Waals surface area contributed by atoms with Gasteiger partial charge in [-0.05, 0) is 18.9 Å². The standard InChI is InChI=1S/C13H17FN2O2/c1-2-11(17)16-8-5-13(18,6-9-16)10-4-3-7-15-12(10)14/h3-4,7,18H,2,5-6,8-9H2,1H3. The van der Waals surface area contributed by atoms with Crippen LogP contribution >= 0.6 is 0 Å². The van der Waals surface area contributed by atoms with Gasteiger partial charge in [-0.25, -0.2) is 4.98 Å². The summed E-state index contributed by atoms with van der Waals surface area (Å²) >= 11 is 0. The third-order valence-electron chi connectivity index (χ3n) is 3.51. The number of hydrogen-bond acceptors (Lipinski definition) is 3. The van der Waals surface area contributed by atoms with Gasteiger partial charge in [-0.3, -0.25) is 4.79 Å². The highest BCUT2D eigenvalue weighted by Gasteiger charge is 2.37. The third kappa shape index (κ3) is 2.36. The minimum Gasteiger partial charge on any atom is -0.385 e. The first-order valence-electron chi connectivity index (χ1n) is 6.18. The van der Waals surface area contributed by atoms with Crippen LogP contribution in [-0.4, -0.2) is 34.0 Å². The van der Waals surface area contributed by atoms with E-state index in [9.17, 15) is 14.3 Å². The van der Waals surface area contributed by atoms with E-state index in [1.54, 1.807) is 17.0 Å². The van der Waals surface area contributed by atoms with Crippen LogP contribution in [0.25, 0.3) is 0 Å². The van der Waals surface area contributed by atoms with Crippen molar-refractivity contribution in [3.05, 3.63) is 29.8 Å². The molecule has 2 heterocycles. The minimum absolute atomic E-state index is 0.0729. The molecule has 0 atom stereocenters. The van der Waals surface area contributed by atoms with E-state index in [2.05, 4.69) is 4.98 Å². The van der Waals surface area contributed by atoms with Crippen molar-refractivity contribution in [1.29, 1.82) is 0 Å². The number of carbonyl (C=O) groups excluding carboxylic acids is 1. The zero-order chi connectivity index (χ0) is 13.2. The van der Waals surface area contributed by atoms with Crippen molar-refractivity contribution in [2.45, 2.75) is 31.8 Å². The monoisotopic (exact) mass is 252 g/mol. The summed E-state index contributed by atoms with van der Waals surface area (Å²) in [6.45, 7) is 2.72. The number of rotatable bonds is 2. The lowest BCUT2D eigenvalue weighted by Gasteiger charge is -2.38. The van der Waals surface area contributed by atoms with Crippen LogP contribution in [0.1, 0.15) is 31.7 Å². The van der Waals surface area contributed by atoms with Gasteiger partial charge in [0.15, 0.2) is 0 Å². The smallest absolute Gasteiger partial charge is 0.222 e. The first-order chi connectivity index (χ1) is 8.57. The fraction of sp³-hybridized carbons (Fsp3) is 0.538. The van der Waals surface area contributed by atoms with Crippen LogP contribution in [0.4, 0.5) is 4.39 Å². The number of pyridine rings is 1. The molecule has 1 N–H and O–H groups in total. The van der Waals surface area contributed by atoms with Gasteiger partial charge in [-0.15, -0.1) is 0 Å². The zero-order valence-electron chi connectivity index (χ0n) is 10.4. The zero-order valence-corrected chi connectivity index (χ0v) is 10.4. The van der Waals surface area contributed by atoms with Crippen molar-refractivity contribution in [2.24, 2.45) is 0 Å². The topological polar surface area (TPSA) is 53.4 Å². The van der Waals surface area contributed by atoms with Crippen molar-refractivity contribution in [3.63, 3.8) is 0 Å². The average molecular weight is 252 g/mol. The van der Waals surface area contributed by atoms with Crippen LogP contribution in [-0.2, 0) is 10.4 Å². The molecule has 1 aliphatic heterocycles. The largest absolute Gasteiger partial charge is 0.385 e. The summed E-state index contributed by atoms with van der Waals surface area (Å²) in [6, 6.07) is 3.17. The van der Waals surface area contributed by atoms with Gasteiger partial charge in [-0.1, -0.05) is 13.0 Å². The second kappa shape index (κ2) is 5.02. The van der Waals surface area contributed by atoms with E-state index in [1.165, 1.54) is 6.20 Å². The number of piperidine rings is 1. The number of hydrogen-bond donors (Lipinski definition) is 1. The number of amides is 1. The number of halogens is 1. The van der Waals surface area contributed by atoms with Gasteiger partial charge < -0.3 is 10.0 Å². The van der Waals surface area contributed by atoms with Crippen molar-refractivity contribution in [3.8, 4) is 0 Å². The molecule has 0 aliphatic carbocycles. The highest BCUT2D eigenvalue weighted by atomic mass is 19.1. The van der Waals surface area contributed by atoms with Crippen LogP contribution in [0.5, 0.6) is 0 Å². The fourth-order valence-electron chi connectivity index (χ4n) is 2.35. The van der Waals surface area contributed by atoms with Gasteiger partial charge in [0.2, 0.25) is 11.9 Å². The summed E-state index contributed by atoms with van der Waals surface area (Å²) in [5, 5.41) is 10.5. The number of likely N-dealkylation sites (tertiary alicyclic amines) is 1. The Balaban J connectivity index is 2.12. The van der Waals surface area contributed by atoms with E-state index in [1.807, 2.05) is 6.92 Å². The number of aromatic nitrogens is 1. The fourth-order valence-corrected chi connectivity index (χ4v) is 2.35. The van der Waals surface area contributed by atoms with Gasteiger partial charge in [-0.2, -0.15) is 4.39 Å². The highest BCUT2D eigenvalue weighted by Crippen LogP contribution is 2.33. The molecule has 2 rings (SSSR count). The average Bonchev–Trinajstić information content (AvgIpc) is 2.39. The molecule has 0 aromatic carbocycles. The molecular formula is C13H17FN2O2. The van der Waals surface area contributed by atoms with Gasteiger partial charge in [0.05, 0.1) is 5.60 Å². The Hall–Kier alpha value is -1.49. The molecule has 1 aliphatic rings. The molecule has 0 radical (unpaired) electrons. The summed E-state index contributed by atoms with van der Waals surface area (Å²) in [5.74, 6) is -0.557. The maximum absolute atomic E-state index is 13.6. The van der Waals surface area contributed by atoms with Crippen molar-refractivity contribution < 1.29 is 14.3 Å². The van der Waals surface area contributed by atoms with Gasteiger partial charge in [0.25, 0.3) is 0 Å². The van der Waals surface area contributed by atoms with E-state index in [4.69, 9.17) is 0 Å². The lowest BCUT2D eigenvalue weighted by Crippen LogP contribution is -2.45. The maximum Gasteiger partial charge on any atom is 0.222 e. The predicted octanol–water partition coefficient (Wildman–Crippen LogP) is 1.44. The molecule has 0 unspecified atom stereocenters. The molecule has 1 amide bonds. The Bertz CT molecular complexity index is 442. The van der Waals surface area contributed by atoms with E-state index in [-0.39, 0.29) is 11.5 Å². The normalized spacial score (nSPS) is 18.7. The minimum atomic E-state index is -1.21. The maximum atomic E-state index is 13.6. The molecule has 1 fully saturated rings. The number of carbonyl (C=O) groups is 1. The molecule has 1 aromatic heterocycles. The Morgan fingerprint density at radius 3 is 2.78 bits per heavy atom. The van der Waals surface area contributed by atoms with Crippen LogP contribution in [0, 0.1) is 5.95 Å². The van der Waals surface area contributed by atoms with E-state index < -0.39 is 11.5 Å².